The van der Waals surface area contributed by atoms with E-state index in [9.17, 15) is 9.59 Å². The molecule has 0 spiro atoms. The van der Waals surface area contributed by atoms with E-state index in [0.29, 0.717) is 5.69 Å². The number of hydrogen-bond acceptors (Lipinski definition) is 2. The second-order valence-corrected chi connectivity index (χ2v) is 2.15. The van der Waals surface area contributed by atoms with Gasteiger partial charge in [-0.25, -0.2) is 4.79 Å². The molecule has 0 aliphatic heterocycles. The van der Waals surface area contributed by atoms with Crippen molar-refractivity contribution in [3.8, 4) is 0 Å². The molecule has 1 aromatic rings. The number of hydrogen-bond donors (Lipinski definition) is 2. The molecule has 0 saturated heterocycles. The molecule has 4 nitrogen and oxygen atoms in total. The highest BCUT2D eigenvalue weighted by Gasteiger charge is 2.07. The van der Waals surface area contributed by atoms with E-state index in [1.807, 2.05) is 0 Å². The van der Waals surface area contributed by atoms with Crippen molar-refractivity contribution in [2.45, 2.75) is 6.92 Å². The minimum Gasteiger partial charge on any atom is -0.477 e. The van der Waals surface area contributed by atoms with Gasteiger partial charge in [-0.3, -0.25) is 4.79 Å². The van der Waals surface area contributed by atoms with E-state index in [1.54, 1.807) is 0 Å². The van der Waals surface area contributed by atoms with Crippen molar-refractivity contribution in [1.82, 2.24) is 4.98 Å². The van der Waals surface area contributed by atoms with Crippen molar-refractivity contribution < 1.29 is 14.7 Å². The van der Waals surface area contributed by atoms with Crippen LogP contribution in [0.1, 0.15) is 27.9 Å². The van der Waals surface area contributed by atoms with Gasteiger partial charge in [-0.15, -0.1) is 0 Å². The van der Waals surface area contributed by atoms with Gasteiger partial charge in [0.05, 0.1) is 5.69 Å². The van der Waals surface area contributed by atoms with E-state index < -0.39 is 5.97 Å². The van der Waals surface area contributed by atoms with E-state index in [2.05, 4.69) is 4.98 Å². The topological polar surface area (TPSA) is 70.2 Å². The Kier molecular flexibility index (Phi) is 1.76. The molecule has 11 heavy (non-hydrogen) atoms. The van der Waals surface area contributed by atoms with Gasteiger partial charge in [0.15, 0.2) is 5.78 Å². The van der Waals surface area contributed by atoms with Crippen LogP contribution in [0.25, 0.3) is 0 Å². The van der Waals surface area contributed by atoms with Crippen LogP contribution in [-0.2, 0) is 0 Å². The van der Waals surface area contributed by atoms with Crippen LogP contribution in [0.3, 0.4) is 0 Å². The molecule has 0 aliphatic carbocycles. The van der Waals surface area contributed by atoms with Gasteiger partial charge < -0.3 is 10.1 Å². The lowest BCUT2D eigenvalue weighted by Gasteiger charge is -1.87. The van der Waals surface area contributed by atoms with Gasteiger partial charge in [-0.1, -0.05) is 0 Å². The number of carboxylic acid groups (broad SMARTS) is 1. The summed E-state index contributed by atoms with van der Waals surface area (Å²) < 4.78 is 0. The minimum absolute atomic E-state index is 0.0372. The summed E-state index contributed by atoms with van der Waals surface area (Å²) in [6, 6.07) is 2.81. The first-order chi connectivity index (χ1) is 5.11. The lowest BCUT2D eigenvalue weighted by molar-refractivity contribution is 0.0691. The molecule has 0 atom stereocenters. The summed E-state index contributed by atoms with van der Waals surface area (Å²) >= 11 is 0. The van der Waals surface area contributed by atoms with Gasteiger partial charge in [-0.2, -0.15) is 0 Å². The van der Waals surface area contributed by atoms with Crippen LogP contribution in [-0.4, -0.2) is 21.8 Å². The largest absolute Gasteiger partial charge is 0.477 e. The Labute approximate surface area is 62.9 Å². The van der Waals surface area contributed by atoms with Crippen LogP contribution in [0.2, 0.25) is 0 Å². The number of H-pyrrole nitrogens is 1. The van der Waals surface area contributed by atoms with E-state index in [4.69, 9.17) is 5.11 Å². The Balaban J connectivity index is 2.99. The van der Waals surface area contributed by atoms with Crippen molar-refractivity contribution >= 4 is 11.8 Å². The highest BCUT2D eigenvalue weighted by Crippen LogP contribution is 2.01. The number of nitrogens with one attached hydrogen (secondary N) is 1. The Morgan fingerprint density at radius 2 is 1.91 bits per heavy atom. The molecule has 0 bridgehead atoms. The normalized spacial score (nSPS) is 9.55. The SMILES string of the molecule is CC(=O)c1ccc(C(=O)O)[nH]1. The quantitative estimate of drug-likeness (QED) is 0.620. The average Bonchev–Trinajstić information content (AvgIpc) is 2.33. The van der Waals surface area contributed by atoms with Gasteiger partial charge in [0, 0.05) is 6.92 Å². The maximum Gasteiger partial charge on any atom is 0.352 e. The zero-order valence-corrected chi connectivity index (χ0v) is 5.92. The molecule has 0 fully saturated rings. The first kappa shape index (κ1) is 7.53. The zero-order valence-electron chi connectivity index (χ0n) is 5.92. The molecule has 2 N–H and O–H groups in total. The van der Waals surface area contributed by atoms with Gasteiger partial charge in [0.25, 0.3) is 0 Å². The smallest absolute Gasteiger partial charge is 0.352 e. The fourth-order valence-electron chi connectivity index (χ4n) is 0.725. The van der Waals surface area contributed by atoms with E-state index in [0.717, 1.165) is 0 Å². The predicted octanol–water partition coefficient (Wildman–Crippen LogP) is 0.915. The molecule has 0 aromatic carbocycles. The van der Waals surface area contributed by atoms with E-state index >= 15 is 0 Å². The van der Waals surface area contributed by atoms with Crippen LogP contribution < -0.4 is 0 Å². The molecule has 0 unspecified atom stereocenters. The standard InChI is InChI=1S/C7H7NO3/c1-4(9)5-2-3-6(8-5)7(10)11/h2-3,8H,1H3,(H,10,11). The van der Waals surface area contributed by atoms with Crippen LogP contribution >= 0.6 is 0 Å². The monoisotopic (exact) mass is 153 g/mol. The van der Waals surface area contributed by atoms with Gasteiger partial charge in [0.2, 0.25) is 0 Å². The van der Waals surface area contributed by atoms with E-state index in [-0.39, 0.29) is 11.5 Å². The van der Waals surface area contributed by atoms with E-state index in [1.165, 1.54) is 19.1 Å². The lowest BCUT2D eigenvalue weighted by Crippen LogP contribution is -1.98. The Hall–Kier alpha value is -1.58. The van der Waals surface area contributed by atoms with Gasteiger partial charge in [-0.05, 0) is 12.1 Å². The van der Waals surface area contributed by atoms with Gasteiger partial charge >= 0.3 is 5.97 Å². The highest BCUT2D eigenvalue weighted by atomic mass is 16.4. The first-order valence-corrected chi connectivity index (χ1v) is 3.04. The third-order valence-corrected chi connectivity index (χ3v) is 1.30. The number of aromatic nitrogens is 1. The molecular formula is C7H7NO3. The number of ketones is 1. The second kappa shape index (κ2) is 2.57. The average molecular weight is 153 g/mol. The van der Waals surface area contributed by atoms with Crippen LogP contribution in [0.4, 0.5) is 0 Å². The zero-order chi connectivity index (χ0) is 8.43. The van der Waals surface area contributed by atoms with Crippen molar-refractivity contribution in [2.24, 2.45) is 0 Å². The number of Topliss-reactive ketones (excluding diaryl/α,β-unsaturated/α-hetero) is 1. The number of aromatic amines is 1. The van der Waals surface area contributed by atoms with Crippen molar-refractivity contribution in [2.75, 3.05) is 0 Å². The summed E-state index contributed by atoms with van der Waals surface area (Å²) in [4.78, 5) is 23.4. The highest BCUT2D eigenvalue weighted by molar-refractivity contribution is 5.94. The van der Waals surface area contributed by atoms with Crippen molar-refractivity contribution in [3.63, 3.8) is 0 Å². The fraction of sp³-hybridized carbons (Fsp3) is 0.143. The molecule has 0 aliphatic rings. The van der Waals surface area contributed by atoms with Crippen LogP contribution in [0.15, 0.2) is 12.1 Å². The van der Waals surface area contributed by atoms with Gasteiger partial charge in [0.1, 0.15) is 5.69 Å². The number of rotatable bonds is 2. The maximum atomic E-state index is 10.7. The Bertz CT molecular complexity index is 272. The lowest BCUT2D eigenvalue weighted by atomic mass is 10.3. The molecule has 0 saturated carbocycles. The molecule has 1 aromatic heterocycles. The number of aromatic carboxylic acids is 1. The molecular weight excluding hydrogens is 146 g/mol. The fourth-order valence-corrected chi connectivity index (χ4v) is 0.725. The molecule has 4 heteroatoms. The third-order valence-electron chi connectivity index (χ3n) is 1.30. The summed E-state index contributed by atoms with van der Waals surface area (Å²) in [7, 11) is 0. The summed E-state index contributed by atoms with van der Waals surface area (Å²) in [6.45, 7) is 1.37. The molecule has 58 valence electrons. The van der Waals surface area contributed by atoms with Crippen LogP contribution in [0, 0.1) is 0 Å². The van der Waals surface area contributed by atoms with Crippen molar-refractivity contribution in [1.29, 1.82) is 0 Å². The minimum atomic E-state index is -1.06. The maximum absolute atomic E-state index is 10.7. The molecule has 0 amide bonds. The second-order valence-electron chi connectivity index (χ2n) is 2.15. The summed E-state index contributed by atoms with van der Waals surface area (Å²) in [5, 5.41) is 8.44. The molecule has 0 radical (unpaired) electrons. The summed E-state index contributed by atoms with van der Waals surface area (Å²) in [5.74, 6) is -1.23. The molecule has 1 rings (SSSR count). The predicted molar refractivity (Wildman–Crippen MR) is 37.8 cm³/mol. The summed E-state index contributed by atoms with van der Waals surface area (Å²) in [5.41, 5.74) is 0.359. The number of carboxylic acids is 1. The van der Waals surface area contributed by atoms with Crippen molar-refractivity contribution in [3.05, 3.63) is 23.5 Å². The van der Waals surface area contributed by atoms with Crippen LogP contribution in [0.5, 0.6) is 0 Å². The number of carbonyl (C=O) groups excluding carboxylic acids is 1. The third kappa shape index (κ3) is 1.46. The first-order valence-electron chi connectivity index (χ1n) is 3.04. The summed E-state index contributed by atoms with van der Waals surface area (Å²) in [6.07, 6.45) is 0. The number of carbonyl (C=O) groups is 2. The molecule has 1 heterocycles. The Morgan fingerprint density at radius 3 is 2.18 bits per heavy atom. The Morgan fingerprint density at radius 1 is 1.36 bits per heavy atom.